The van der Waals surface area contributed by atoms with E-state index in [9.17, 15) is 18.0 Å². The number of carboxylic acid groups (broad SMARTS) is 1. The molecule has 0 amide bonds. The van der Waals surface area contributed by atoms with Gasteiger partial charge in [0.25, 0.3) is 0 Å². The first-order valence-electron chi connectivity index (χ1n) is 3.57. The van der Waals surface area contributed by atoms with Crippen molar-refractivity contribution in [1.29, 1.82) is 0 Å². The molecule has 7 heteroatoms. The second-order valence-electron chi connectivity index (χ2n) is 2.62. The molecule has 2 N–H and O–H groups in total. The van der Waals surface area contributed by atoms with Gasteiger partial charge in [0.05, 0.1) is 16.1 Å². The van der Waals surface area contributed by atoms with E-state index in [0.29, 0.717) is 6.07 Å². The van der Waals surface area contributed by atoms with Crippen LogP contribution in [0, 0.1) is 0 Å². The minimum Gasteiger partial charge on any atom is -0.506 e. The van der Waals surface area contributed by atoms with Crippen molar-refractivity contribution in [3.63, 3.8) is 0 Å². The highest BCUT2D eigenvalue weighted by Gasteiger charge is 2.38. The van der Waals surface area contributed by atoms with Crippen LogP contribution >= 0.6 is 11.6 Å². The molecule has 3 nitrogen and oxygen atoms in total. The van der Waals surface area contributed by atoms with Gasteiger partial charge in [-0.1, -0.05) is 11.6 Å². The number of hydrogen-bond donors (Lipinski definition) is 2. The largest absolute Gasteiger partial charge is 0.506 e. The van der Waals surface area contributed by atoms with Crippen molar-refractivity contribution in [2.75, 3.05) is 0 Å². The maximum atomic E-state index is 12.4. The second-order valence-corrected chi connectivity index (χ2v) is 3.00. The lowest BCUT2D eigenvalue weighted by molar-refractivity contribution is -0.138. The number of hydrogen-bond acceptors (Lipinski definition) is 2. The van der Waals surface area contributed by atoms with E-state index in [4.69, 9.17) is 21.8 Å². The molecule has 82 valence electrons. The molecule has 0 unspecified atom stereocenters. The van der Waals surface area contributed by atoms with E-state index in [-0.39, 0.29) is 0 Å². The first-order chi connectivity index (χ1) is 6.75. The second kappa shape index (κ2) is 3.62. The molecule has 0 aliphatic carbocycles. The van der Waals surface area contributed by atoms with Crippen LogP contribution < -0.4 is 0 Å². The third-order valence-electron chi connectivity index (χ3n) is 1.64. The Kier molecular flexibility index (Phi) is 2.81. The Morgan fingerprint density at radius 2 is 1.87 bits per heavy atom. The Bertz CT molecular complexity index is 414. The summed E-state index contributed by atoms with van der Waals surface area (Å²) in [6, 6.07) is 1.44. The van der Waals surface area contributed by atoms with Crippen molar-refractivity contribution in [2.24, 2.45) is 0 Å². The molecule has 0 heterocycles. The number of benzene rings is 1. The van der Waals surface area contributed by atoms with Crippen LogP contribution in [0.2, 0.25) is 5.02 Å². The number of carbonyl (C=O) groups is 1. The molecule has 1 aromatic carbocycles. The topological polar surface area (TPSA) is 57.5 Å². The lowest BCUT2D eigenvalue weighted by atomic mass is 10.1. The summed E-state index contributed by atoms with van der Waals surface area (Å²) in [5.74, 6) is -2.57. The summed E-state index contributed by atoms with van der Waals surface area (Å²) in [4.78, 5) is 10.5. The van der Waals surface area contributed by atoms with Gasteiger partial charge < -0.3 is 10.2 Å². The lowest BCUT2D eigenvalue weighted by Crippen LogP contribution is -2.13. The van der Waals surface area contributed by atoms with Crippen LogP contribution in [0.15, 0.2) is 12.1 Å². The van der Waals surface area contributed by atoms with E-state index in [1.165, 1.54) is 0 Å². The van der Waals surface area contributed by atoms with Crippen molar-refractivity contribution >= 4 is 17.6 Å². The van der Waals surface area contributed by atoms with Gasteiger partial charge in [-0.15, -0.1) is 0 Å². The average molecular weight is 241 g/mol. The number of phenolic OH excluding ortho intramolecular Hbond substituents is 1. The Labute approximate surface area is 86.7 Å². The molecular weight excluding hydrogens is 237 g/mol. The number of aromatic hydroxyl groups is 1. The van der Waals surface area contributed by atoms with Gasteiger partial charge in [-0.25, -0.2) is 4.79 Å². The quantitative estimate of drug-likeness (QED) is 0.794. The first kappa shape index (κ1) is 11.6. The van der Waals surface area contributed by atoms with E-state index in [0.717, 1.165) is 6.07 Å². The maximum absolute atomic E-state index is 12.4. The fraction of sp³-hybridized carbons (Fsp3) is 0.125. The van der Waals surface area contributed by atoms with Gasteiger partial charge in [-0.2, -0.15) is 13.2 Å². The van der Waals surface area contributed by atoms with Crippen molar-refractivity contribution < 1.29 is 28.2 Å². The number of halogens is 4. The highest BCUT2D eigenvalue weighted by Crippen LogP contribution is 2.41. The number of carboxylic acids is 1. The Morgan fingerprint density at radius 1 is 1.33 bits per heavy atom. The van der Waals surface area contributed by atoms with E-state index >= 15 is 0 Å². The van der Waals surface area contributed by atoms with Crippen molar-refractivity contribution in [1.82, 2.24) is 0 Å². The van der Waals surface area contributed by atoms with Crippen LogP contribution in [0.25, 0.3) is 0 Å². The molecule has 1 aromatic rings. The number of alkyl halides is 3. The molecule has 0 radical (unpaired) electrons. The fourth-order valence-corrected chi connectivity index (χ4v) is 1.29. The fourth-order valence-electron chi connectivity index (χ4n) is 1.02. The molecule has 0 saturated heterocycles. The van der Waals surface area contributed by atoms with Crippen molar-refractivity contribution in [2.45, 2.75) is 6.18 Å². The van der Waals surface area contributed by atoms with Gasteiger partial charge in [0.1, 0.15) is 5.75 Å². The predicted octanol–water partition coefficient (Wildman–Crippen LogP) is 2.76. The summed E-state index contributed by atoms with van der Waals surface area (Å²) in [7, 11) is 0. The molecule has 0 bridgehead atoms. The molecule has 0 atom stereocenters. The highest BCUT2D eigenvalue weighted by molar-refractivity contribution is 6.33. The SMILES string of the molecule is O=C(O)c1ccc(O)c(Cl)c1C(F)(F)F. The minimum atomic E-state index is -4.93. The van der Waals surface area contributed by atoms with Gasteiger partial charge in [-0.3, -0.25) is 0 Å². The van der Waals surface area contributed by atoms with Crippen molar-refractivity contribution in [3.05, 3.63) is 28.3 Å². The zero-order valence-corrected chi connectivity index (χ0v) is 7.73. The van der Waals surface area contributed by atoms with Gasteiger partial charge in [0.2, 0.25) is 0 Å². The van der Waals surface area contributed by atoms with Crippen LogP contribution in [0.3, 0.4) is 0 Å². The zero-order valence-electron chi connectivity index (χ0n) is 6.97. The van der Waals surface area contributed by atoms with Gasteiger partial charge in [-0.05, 0) is 12.1 Å². The average Bonchev–Trinajstić information content (AvgIpc) is 2.06. The van der Waals surface area contributed by atoms with Gasteiger partial charge in [0, 0.05) is 0 Å². The summed E-state index contributed by atoms with van der Waals surface area (Å²) in [5, 5.41) is 16.4. The molecule has 1 rings (SSSR count). The number of aromatic carboxylic acids is 1. The summed E-state index contributed by atoms with van der Waals surface area (Å²) in [5.41, 5.74) is -2.54. The Morgan fingerprint density at radius 3 is 2.27 bits per heavy atom. The molecule has 0 saturated carbocycles. The summed E-state index contributed by atoms with van der Waals surface area (Å²) < 4.78 is 37.2. The Hall–Kier alpha value is -1.43. The molecule has 0 aromatic heterocycles. The summed E-state index contributed by atoms with van der Waals surface area (Å²) in [6.45, 7) is 0. The van der Waals surface area contributed by atoms with E-state index in [1.54, 1.807) is 0 Å². The van der Waals surface area contributed by atoms with E-state index < -0.39 is 34.0 Å². The van der Waals surface area contributed by atoms with Crippen LogP contribution in [0.4, 0.5) is 13.2 Å². The molecule has 0 fully saturated rings. The first-order valence-corrected chi connectivity index (χ1v) is 3.95. The van der Waals surface area contributed by atoms with E-state index in [2.05, 4.69) is 0 Å². The standard InChI is InChI=1S/C8H4ClF3O3/c9-6-4(13)2-1-3(7(14)15)5(6)8(10,11)12/h1-2,13H,(H,14,15). The predicted molar refractivity (Wildman–Crippen MR) is 45.1 cm³/mol. The molecule has 0 aliphatic rings. The normalized spacial score (nSPS) is 11.5. The zero-order chi connectivity index (χ0) is 11.8. The lowest BCUT2D eigenvalue weighted by Gasteiger charge is -2.12. The van der Waals surface area contributed by atoms with Gasteiger partial charge >= 0.3 is 12.1 Å². The van der Waals surface area contributed by atoms with Gasteiger partial charge in [0.15, 0.2) is 0 Å². The summed E-state index contributed by atoms with van der Waals surface area (Å²) >= 11 is 5.19. The smallest absolute Gasteiger partial charge is 0.418 e. The molecule has 0 spiro atoms. The minimum absolute atomic E-state index is 0.645. The van der Waals surface area contributed by atoms with Crippen LogP contribution in [0.5, 0.6) is 5.75 Å². The summed E-state index contributed by atoms with van der Waals surface area (Å²) in [6.07, 6.45) is -4.93. The number of rotatable bonds is 1. The van der Waals surface area contributed by atoms with Crippen LogP contribution in [0.1, 0.15) is 15.9 Å². The van der Waals surface area contributed by atoms with Crippen LogP contribution in [-0.4, -0.2) is 16.2 Å². The Balaban J connectivity index is 3.57. The van der Waals surface area contributed by atoms with Crippen LogP contribution in [-0.2, 0) is 6.18 Å². The molecule has 0 aliphatic heterocycles. The highest BCUT2D eigenvalue weighted by atomic mass is 35.5. The third-order valence-corrected chi connectivity index (χ3v) is 2.02. The maximum Gasteiger partial charge on any atom is 0.418 e. The molecule has 15 heavy (non-hydrogen) atoms. The van der Waals surface area contributed by atoms with Crippen molar-refractivity contribution in [3.8, 4) is 5.75 Å². The third kappa shape index (κ3) is 2.15. The number of phenols is 1. The monoisotopic (exact) mass is 240 g/mol. The molecular formula is C8H4ClF3O3. The van der Waals surface area contributed by atoms with E-state index in [1.807, 2.05) is 0 Å².